The molecular weight excluding hydrogens is 448 g/mol. The van der Waals surface area contributed by atoms with E-state index in [9.17, 15) is 13.2 Å². The molecule has 174 valence electrons. The zero-order valence-electron chi connectivity index (χ0n) is 19.0. The fourth-order valence-corrected chi connectivity index (χ4v) is 4.56. The molecular formula is C27H26N2O4S. The minimum atomic E-state index is -3.74. The van der Waals surface area contributed by atoms with Gasteiger partial charge in [0.05, 0.1) is 4.90 Å². The van der Waals surface area contributed by atoms with Crippen LogP contribution in [0.2, 0.25) is 0 Å². The van der Waals surface area contributed by atoms with E-state index < -0.39 is 16.1 Å². The van der Waals surface area contributed by atoms with E-state index >= 15 is 0 Å². The van der Waals surface area contributed by atoms with Crippen LogP contribution in [0.25, 0.3) is 10.8 Å². The van der Waals surface area contributed by atoms with Crippen molar-refractivity contribution in [2.24, 2.45) is 0 Å². The summed E-state index contributed by atoms with van der Waals surface area (Å²) < 4.78 is 33.8. The average Bonchev–Trinajstić information content (AvgIpc) is 2.84. The molecule has 6 nitrogen and oxygen atoms in total. The second-order valence-electron chi connectivity index (χ2n) is 8.01. The van der Waals surface area contributed by atoms with E-state index in [-0.39, 0.29) is 10.8 Å². The van der Waals surface area contributed by atoms with Gasteiger partial charge in [0, 0.05) is 11.4 Å². The fraction of sp³-hybridized carbons (Fsp3) is 0.148. The highest BCUT2D eigenvalue weighted by atomic mass is 32.2. The number of ether oxygens (including phenoxy) is 1. The van der Waals surface area contributed by atoms with Crippen LogP contribution >= 0.6 is 0 Å². The van der Waals surface area contributed by atoms with Gasteiger partial charge in [-0.3, -0.25) is 9.52 Å². The molecule has 4 aromatic rings. The first-order chi connectivity index (χ1) is 16.3. The van der Waals surface area contributed by atoms with Crippen LogP contribution in [-0.4, -0.2) is 20.4 Å². The van der Waals surface area contributed by atoms with Crippen molar-refractivity contribution in [2.75, 3.05) is 10.0 Å². The van der Waals surface area contributed by atoms with Crippen molar-refractivity contribution in [3.8, 4) is 5.75 Å². The molecule has 0 aliphatic rings. The molecule has 0 saturated heterocycles. The number of anilines is 2. The molecule has 0 aliphatic carbocycles. The van der Waals surface area contributed by atoms with E-state index in [2.05, 4.69) is 10.0 Å². The Morgan fingerprint density at radius 3 is 2.18 bits per heavy atom. The lowest BCUT2D eigenvalue weighted by Gasteiger charge is -2.18. The van der Waals surface area contributed by atoms with Gasteiger partial charge < -0.3 is 10.1 Å². The number of hydrogen-bond acceptors (Lipinski definition) is 4. The summed E-state index contributed by atoms with van der Waals surface area (Å²) in [6.07, 6.45) is -0.209. The molecule has 34 heavy (non-hydrogen) atoms. The van der Waals surface area contributed by atoms with Crippen LogP contribution in [0.1, 0.15) is 18.9 Å². The zero-order chi connectivity index (χ0) is 24.1. The normalized spacial score (nSPS) is 12.2. The summed E-state index contributed by atoms with van der Waals surface area (Å²) in [5.74, 6) is 0.313. The van der Waals surface area contributed by atoms with Crippen LogP contribution in [0.3, 0.4) is 0 Å². The molecule has 4 rings (SSSR count). The number of sulfonamides is 1. The molecule has 0 bridgehead atoms. The summed E-state index contributed by atoms with van der Waals surface area (Å²) >= 11 is 0. The molecule has 0 spiro atoms. The van der Waals surface area contributed by atoms with Gasteiger partial charge in [0.25, 0.3) is 15.9 Å². The molecule has 0 aromatic heterocycles. The highest BCUT2D eigenvalue weighted by Gasteiger charge is 2.20. The monoisotopic (exact) mass is 474 g/mol. The van der Waals surface area contributed by atoms with Crippen LogP contribution in [0, 0.1) is 6.92 Å². The molecule has 1 amide bonds. The van der Waals surface area contributed by atoms with Crippen LogP contribution in [0.5, 0.6) is 5.75 Å². The minimum Gasteiger partial charge on any atom is -0.481 e. The molecule has 4 aromatic carbocycles. The Labute approximate surface area is 199 Å². The number of fused-ring (bicyclic) bond motifs is 1. The first kappa shape index (κ1) is 23.3. The number of nitrogens with one attached hydrogen (secondary N) is 2. The predicted octanol–water partition coefficient (Wildman–Crippen LogP) is 5.75. The molecule has 0 fully saturated rings. The topological polar surface area (TPSA) is 84.5 Å². The standard InChI is InChI=1S/C27H26N2O4S/c1-3-26(33-24-15-10-20-6-4-5-7-21(20)18-24)27(30)28-22-13-16-25(17-14-22)34(31,32)29-23-11-8-19(2)9-12-23/h4-18,26,29H,3H2,1-2H3,(H,28,30)/t26-/m0/s1. The third kappa shape index (κ3) is 5.55. The van der Waals surface area contributed by atoms with Gasteiger partial charge in [0.2, 0.25) is 0 Å². The Morgan fingerprint density at radius 2 is 1.50 bits per heavy atom. The van der Waals surface area contributed by atoms with Gasteiger partial charge in [-0.25, -0.2) is 8.42 Å². The molecule has 7 heteroatoms. The fourth-order valence-electron chi connectivity index (χ4n) is 3.50. The van der Waals surface area contributed by atoms with Crippen molar-refractivity contribution in [3.63, 3.8) is 0 Å². The SMILES string of the molecule is CC[C@H](Oc1ccc2ccccc2c1)C(=O)Nc1ccc(S(=O)(=O)Nc2ccc(C)cc2)cc1. The number of hydrogen-bond donors (Lipinski definition) is 2. The van der Waals surface area contributed by atoms with E-state index in [0.717, 1.165) is 16.3 Å². The van der Waals surface area contributed by atoms with Crippen LogP contribution in [0.15, 0.2) is 95.9 Å². The van der Waals surface area contributed by atoms with Gasteiger partial charge in [-0.05, 0) is 72.6 Å². The molecule has 0 unspecified atom stereocenters. The molecule has 2 N–H and O–H groups in total. The largest absolute Gasteiger partial charge is 0.481 e. The maximum absolute atomic E-state index is 12.8. The Morgan fingerprint density at radius 1 is 0.853 bits per heavy atom. The summed E-state index contributed by atoms with van der Waals surface area (Å²) in [6.45, 7) is 3.80. The smallest absolute Gasteiger partial charge is 0.265 e. The number of carbonyl (C=O) groups is 1. The molecule has 0 heterocycles. The van der Waals surface area contributed by atoms with Gasteiger partial charge in [-0.1, -0.05) is 55.0 Å². The molecule has 1 atom stereocenters. The predicted molar refractivity (Wildman–Crippen MR) is 136 cm³/mol. The summed E-state index contributed by atoms with van der Waals surface area (Å²) in [5, 5.41) is 4.94. The number of benzene rings is 4. The average molecular weight is 475 g/mol. The lowest BCUT2D eigenvalue weighted by Crippen LogP contribution is -2.32. The molecule has 0 radical (unpaired) electrons. The molecule has 0 aliphatic heterocycles. The third-order valence-corrected chi connectivity index (χ3v) is 6.80. The van der Waals surface area contributed by atoms with Crippen molar-refractivity contribution in [1.82, 2.24) is 0 Å². The number of carbonyl (C=O) groups excluding carboxylic acids is 1. The van der Waals surface area contributed by atoms with E-state index in [4.69, 9.17) is 4.74 Å². The Hall–Kier alpha value is -3.84. The van der Waals surface area contributed by atoms with Crippen LogP contribution in [0.4, 0.5) is 11.4 Å². The lowest BCUT2D eigenvalue weighted by atomic mass is 10.1. The third-order valence-electron chi connectivity index (χ3n) is 5.40. The first-order valence-electron chi connectivity index (χ1n) is 11.0. The zero-order valence-corrected chi connectivity index (χ0v) is 19.8. The van der Waals surface area contributed by atoms with E-state index in [0.29, 0.717) is 23.5 Å². The highest BCUT2D eigenvalue weighted by Crippen LogP contribution is 2.23. The minimum absolute atomic E-state index is 0.102. The first-order valence-corrected chi connectivity index (χ1v) is 12.5. The van der Waals surface area contributed by atoms with Crippen molar-refractivity contribution < 1.29 is 17.9 Å². The number of rotatable bonds is 8. The van der Waals surface area contributed by atoms with Crippen molar-refractivity contribution >= 4 is 38.1 Å². The quantitative estimate of drug-likeness (QED) is 0.341. The Balaban J connectivity index is 1.41. The van der Waals surface area contributed by atoms with E-state index in [1.165, 1.54) is 12.1 Å². The van der Waals surface area contributed by atoms with Gasteiger partial charge in [0.1, 0.15) is 5.75 Å². The summed E-state index contributed by atoms with van der Waals surface area (Å²) in [6, 6.07) is 26.8. The summed E-state index contributed by atoms with van der Waals surface area (Å²) in [5.41, 5.74) is 2.01. The summed E-state index contributed by atoms with van der Waals surface area (Å²) in [7, 11) is -3.74. The van der Waals surface area contributed by atoms with Crippen molar-refractivity contribution in [2.45, 2.75) is 31.3 Å². The second-order valence-corrected chi connectivity index (χ2v) is 9.69. The van der Waals surface area contributed by atoms with E-state index in [1.807, 2.05) is 68.4 Å². The number of amides is 1. The molecule has 0 saturated carbocycles. The Kier molecular flexibility index (Phi) is 6.84. The lowest BCUT2D eigenvalue weighted by molar-refractivity contribution is -0.122. The van der Waals surface area contributed by atoms with Gasteiger partial charge in [-0.2, -0.15) is 0 Å². The second kappa shape index (κ2) is 9.97. The maximum Gasteiger partial charge on any atom is 0.265 e. The van der Waals surface area contributed by atoms with Crippen molar-refractivity contribution in [3.05, 3.63) is 96.6 Å². The number of aryl methyl sites for hydroxylation is 1. The van der Waals surface area contributed by atoms with E-state index in [1.54, 1.807) is 24.3 Å². The summed E-state index contributed by atoms with van der Waals surface area (Å²) in [4.78, 5) is 12.9. The van der Waals surface area contributed by atoms with Gasteiger partial charge in [0.15, 0.2) is 6.10 Å². The maximum atomic E-state index is 12.8. The van der Waals surface area contributed by atoms with Gasteiger partial charge >= 0.3 is 0 Å². The highest BCUT2D eigenvalue weighted by molar-refractivity contribution is 7.92. The van der Waals surface area contributed by atoms with Crippen LogP contribution < -0.4 is 14.8 Å². The van der Waals surface area contributed by atoms with Crippen LogP contribution in [-0.2, 0) is 14.8 Å². The Bertz CT molecular complexity index is 1400. The van der Waals surface area contributed by atoms with Gasteiger partial charge in [-0.15, -0.1) is 0 Å². The van der Waals surface area contributed by atoms with Crippen molar-refractivity contribution in [1.29, 1.82) is 0 Å².